The largest absolute Gasteiger partial charge is 0.369 e. The fourth-order valence-electron chi connectivity index (χ4n) is 2.91. The van der Waals surface area contributed by atoms with Gasteiger partial charge in [0.05, 0.1) is 22.0 Å². The summed E-state index contributed by atoms with van der Waals surface area (Å²) < 4.78 is 52.8. The molecule has 0 amide bonds. The maximum Gasteiger partial charge on any atom is 0.233 e. The lowest BCUT2D eigenvalue weighted by Crippen LogP contribution is -2.08. The van der Waals surface area contributed by atoms with Crippen LogP contribution in [0.25, 0.3) is 0 Å². The molecule has 0 aliphatic rings. The van der Waals surface area contributed by atoms with Crippen molar-refractivity contribution in [2.45, 2.75) is 32.6 Å². The van der Waals surface area contributed by atoms with Crippen LogP contribution in [0, 0.1) is 6.92 Å². The summed E-state index contributed by atoms with van der Waals surface area (Å²) in [5, 5.41) is 3.12. The highest BCUT2D eigenvalue weighted by atomic mass is 35.5. The van der Waals surface area contributed by atoms with Crippen molar-refractivity contribution in [3.63, 3.8) is 0 Å². The number of rotatable bonds is 7. The second-order valence-electron chi connectivity index (χ2n) is 7.06. The van der Waals surface area contributed by atoms with E-state index in [1.54, 1.807) is 36.5 Å². The van der Waals surface area contributed by atoms with Gasteiger partial charge in [-0.05, 0) is 55.5 Å². The zero-order chi connectivity index (χ0) is 23.6. The number of nitrogens with one attached hydrogen (secondary N) is 1. The van der Waals surface area contributed by atoms with Crippen LogP contribution < -0.4 is 5.32 Å². The summed E-state index contributed by atoms with van der Waals surface area (Å²) in [6, 6.07) is 17.2. The van der Waals surface area contributed by atoms with Crippen molar-refractivity contribution in [2.24, 2.45) is 0 Å². The molecule has 2 aromatic heterocycles. The van der Waals surface area contributed by atoms with Crippen molar-refractivity contribution in [3.8, 4) is 0 Å². The summed E-state index contributed by atoms with van der Waals surface area (Å²) in [6.07, 6.45) is 1.61. The van der Waals surface area contributed by atoms with Crippen LogP contribution in [-0.4, -0.2) is 26.8 Å². The van der Waals surface area contributed by atoms with E-state index in [2.05, 4.69) is 15.3 Å². The van der Waals surface area contributed by atoms with E-state index < -0.39 is 19.7 Å². The Kier molecular flexibility index (Phi) is 6.53. The minimum Gasteiger partial charge on any atom is -0.369 e. The van der Waals surface area contributed by atoms with Gasteiger partial charge < -0.3 is 5.32 Å². The van der Waals surface area contributed by atoms with Gasteiger partial charge >= 0.3 is 0 Å². The van der Waals surface area contributed by atoms with Crippen molar-refractivity contribution in [2.75, 3.05) is 5.32 Å². The summed E-state index contributed by atoms with van der Waals surface area (Å²) in [5.41, 5.74) is 1.56. The Morgan fingerprint density at radius 2 is 1.52 bits per heavy atom. The highest BCUT2D eigenvalue weighted by Gasteiger charge is 2.31. The quantitative estimate of drug-likeness (QED) is 0.374. The van der Waals surface area contributed by atoms with Crippen LogP contribution in [0.5, 0.6) is 0 Å². The zero-order valence-corrected chi connectivity index (χ0v) is 20.5. The third kappa shape index (κ3) is 4.93. The van der Waals surface area contributed by atoms with Crippen LogP contribution in [-0.2, 0) is 26.2 Å². The first kappa shape index (κ1) is 23.4. The minimum absolute atomic E-state index is 0.0357. The van der Waals surface area contributed by atoms with Crippen molar-refractivity contribution in [1.29, 1.82) is 0 Å². The molecule has 2 aromatic carbocycles. The Morgan fingerprint density at radius 1 is 0.879 bits per heavy atom. The predicted octanol–water partition coefficient (Wildman–Crippen LogP) is 4.78. The zero-order valence-electron chi connectivity index (χ0n) is 17.3. The number of aryl methyl sites for hydroxylation is 1. The van der Waals surface area contributed by atoms with Gasteiger partial charge in [0.2, 0.25) is 24.0 Å². The molecule has 0 aliphatic heterocycles. The van der Waals surface area contributed by atoms with E-state index in [1.807, 2.05) is 6.92 Å². The highest BCUT2D eigenvalue weighted by Crippen LogP contribution is 2.37. The molecule has 0 saturated carbocycles. The summed E-state index contributed by atoms with van der Waals surface area (Å²) in [6.45, 7) is 2.03. The number of thiazole rings is 1. The van der Waals surface area contributed by atoms with Crippen molar-refractivity contribution in [3.05, 3.63) is 89.2 Å². The average molecular weight is 520 g/mol. The molecular formula is C22H18ClN3O4S3. The van der Waals surface area contributed by atoms with Crippen LogP contribution in [0.2, 0.25) is 5.02 Å². The molecule has 4 rings (SSSR count). The molecule has 0 saturated heterocycles. The smallest absolute Gasteiger partial charge is 0.233 e. The monoisotopic (exact) mass is 519 g/mol. The number of pyridine rings is 1. The topological polar surface area (TPSA) is 106 Å². The van der Waals surface area contributed by atoms with Gasteiger partial charge in [0.25, 0.3) is 0 Å². The van der Waals surface area contributed by atoms with E-state index >= 15 is 0 Å². The Bertz CT molecular complexity index is 1480. The maximum absolute atomic E-state index is 13.3. The molecule has 0 aliphatic carbocycles. The molecule has 7 nitrogen and oxygen atoms in total. The van der Waals surface area contributed by atoms with Gasteiger partial charge in [-0.1, -0.05) is 46.7 Å². The number of nitrogens with zero attached hydrogens (tertiary/aromatic N) is 2. The molecule has 1 N–H and O–H groups in total. The number of halogens is 1. The Morgan fingerprint density at radius 3 is 2.15 bits per heavy atom. The van der Waals surface area contributed by atoms with Gasteiger partial charge in [-0.2, -0.15) is 0 Å². The van der Waals surface area contributed by atoms with Crippen LogP contribution in [0.15, 0.2) is 92.1 Å². The first-order chi connectivity index (χ1) is 15.7. The molecule has 0 bridgehead atoms. The Balaban J connectivity index is 1.80. The highest BCUT2D eigenvalue weighted by molar-refractivity contribution is 7.94. The van der Waals surface area contributed by atoms with E-state index in [4.69, 9.17) is 11.6 Å². The van der Waals surface area contributed by atoms with Gasteiger partial charge in [0, 0.05) is 11.2 Å². The fourth-order valence-corrected chi connectivity index (χ4v) is 7.33. The molecule has 170 valence electrons. The second-order valence-corrected chi connectivity index (χ2v) is 12.5. The third-order valence-electron chi connectivity index (χ3n) is 4.67. The lowest BCUT2D eigenvalue weighted by Gasteiger charge is -2.07. The summed E-state index contributed by atoms with van der Waals surface area (Å²) in [4.78, 5) is 8.29. The summed E-state index contributed by atoms with van der Waals surface area (Å²) in [7, 11) is -8.15. The Hall–Kier alpha value is -2.79. The van der Waals surface area contributed by atoms with Gasteiger partial charge in [-0.15, -0.1) is 0 Å². The van der Waals surface area contributed by atoms with E-state index in [9.17, 15) is 16.8 Å². The minimum atomic E-state index is -4.13. The number of hydrogen-bond acceptors (Lipinski definition) is 8. The van der Waals surface area contributed by atoms with E-state index in [0.29, 0.717) is 10.7 Å². The number of benzene rings is 2. The summed E-state index contributed by atoms with van der Waals surface area (Å²) in [5.74, 6) is 0. The summed E-state index contributed by atoms with van der Waals surface area (Å²) >= 11 is 6.66. The molecule has 4 aromatic rings. The molecule has 11 heteroatoms. The molecule has 0 unspecified atom stereocenters. The number of hydrogen-bond donors (Lipinski definition) is 1. The molecular weight excluding hydrogens is 502 g/mol. The molecule has 0 atom stereocenters. The Labute approximate surface area is 201 Å². The van der Waals surface area contributed by atoms with Gasteiger partial charge in [0.1, 0.15) is 5.00 Å². The molecule has 0 radical (unpaired) electrons. The van der Waals surface area contributed by atoms with E-state index in [-0.39, 0.29) is 30.7 Å². The lowest BCUT2D eigenvalue weighted by atomic mass is 10.2. The van der Waals surface area contributed by atoms with Gasteiger partial charge in [-0.3, -0.25) is 4.98 Å². The number of aromatic nitrogens is 2. The molecule has 2 heterocycles. The normalized spacial score (nSPS) is 11.9. The second kappa shape index (κ2) is 9.22. The van der Waals surface area contributed by atoms with Crippen LogP contribution >= 0.6 is 22.9 Å². The van der Waals surface area contributed by atoms with Crippen molar-refractivity contribution >= 4 is 47.6 Å². The van der Waals surface area contributed by atoms with E-state index in [1.165, 1.54) is 36.4 Å². The predicted molar refractivity (Wildman–Crippen MR) is 127 cm³/mol. The fraction of sp³-hybridized carbons (Fsp3) is 0.0909. The first-order valence-corrected chi connectivity index (χ1v) is 13.8. The third-order valence-corrected chi connectivity index (χ3v) is 9.91. The molecule has 33 heavy (non-hydrogen) atoms. The lowest BCUT2D eigenvalue weighted by molar-refractivity contribution is 0.589. The number of sulfone groups is 2. The molecule has 0 spiro atoms. The van der Waals surface area contributed by atoms with Gasteiger partial charge in [-0.25, -0.2) is 21.8 Å². The van der Waals surface area contributed by atoms with Crippen molar-refractivity contribution < 1.29 is 16.8 Å². The van der Waals surface area contributed by atoms with E-state index in [0.717, 1.165) is 16.9 Å². The standard InChI is InChI=1S/C22H18ClN3O4S3/c1-15-5-9-19(10-6-15)33(29,30)22-26-21(32(27,28)18-11-7-16(23)8-12-18)20(31-22)25-14-17-4-2-3-13-24-17/h2-13,25H,14H2,1H3. The first-order valence-electron chi connectivity index (χ1n) is 9.65. The van der Waals surface area contributed by atoms with Gasteiger partial charge in [0.15, 0.2) is 5.03 Å². The van der Waals surface area contributed by atoms with Crippen LogP contribution in [0.1, 0.15) is 11.3 Å². The van der Waals surface area contributed by atoms with Crippen LogP contribution in [0.4, 0.5) is 5.00 Å². The maximum atomic E-state index is 13.3. The number of anilines is 1. The molecule has 0 fully saturated rings. The van der Waals surface area contributed by atoms with Crippen LogP contribution in [0.3, 0.4) is 0 Å². The van der Waals surface area contributed by atoms with Crippen molar-refractivity contribution in [1.82, 2.24) is 9.97 Å². The average Bonchev–Trinajstić information content (AvgIpc) is 3.25. The SMILES string of the molecule is Cc1ccc(S(=O)(=O)c2nc(S(=O)(=O)c3ccc(Cl)cc3)c(NCc3ccccn3)s2)cc1.